The van der Waals surface area contributed by atoms with Gasteiger partial charge in [-0.05, 0) is 22.5 Å². The largest absolute Gasteiger partial charge is 0.275 e. The molecule has 1 heterocycles. The predicted molar refractivity (Wildman–Crippen MR) is 59.1 cm³/mol. The fraction of sp³-hybridized carbons (Fsp3) is 0.571. The zero-order valence-electron chi connectivity index (χ0n) is 6.63. The smallest absolute Gasteiger partial charge is 0.262 e. The molecule has 0 amide bonds. The lowest BCUT2D eigenvalue weighted by Crippen LogP contribution is -1.87. The maximum Gasteiger partial charge on any atom is 0.262 e. The Balaban J connectivity index is 2.52. The molecule has 0 saturated carbocycles. The van der Waals surface area contributed by atoms with Crippen molar-refractivity contribution in [1.82, 2.24) is 0 Å². The lowest BCUT2D eigenvalue weighted by Gasteiger charge is -1.94. The molecule has 0 aliphatic carbocycles. The van der Waals surface area contributed by atoms with Crippen molar-refractivity contribution in [3.63, 3.8) is 0 Å². The fourth-order valence-corrected chi connectivity index (χ4v) is 4.89. The Labute approximate surface area is 88.2 Å². The van der Waals surface area contributed by atoms with Gasteiger partial charge in [-0.25, -0.2) is 0 Å². The van der Waals surface area contributed by atoms with Crippen LogP contribution in [0.15, 0.2) is 9.00 Å². The molecule has 1 rings (SSSR count). The monoisotopic (exact) mass is 240 g/mol. The van der Waals surface area contributed by atoms with Crippen molar-refractivity contribution < 1.29 is 0 Å². The first-order chi connectivity index (χ1) is 5.75. The van der Waals surface area contributed by atoms with Gasteiger partial charge in [0.15, 0.2) is 0 Å². The third-order valence-corrected chi connectivity index (χ3v) is 5.86. The van der Waals surface area contributed by atoms with Crippen LogP contribution in [0.3, 0.4) is 0 Å². The Morgan fingerprint density at radius 3 is 2.75 bits per heavy atom. The van der Waals surface area contributed by atoms with Crippen LogP contribution in [0.5, 0.6) is 0 Å². The van der Waals surface area contributed by atoms with Crippen molar-refractivity contribution in [2.24, 2.45) is 0 Å². The highest BCUT2D eigenvalue weighted by molar-refractivity contribution is 8.02. The summed E-state index contributed by atoms with van der Waals surface area (Å²) in [4.78, 5) is 11.0. The second-order valence-corrected chi connectivity index (χ2v) is 6.11. The molecule has 0 spiro atoms. The minimum atomic E-state index is 0.000616. The van der Waals surface area contributed by atoms with E-state index in [0.29, 0.717) is 5.02 Å². The van der Waals surface area contributed by atoms with Gasteiger partial charge in [0.2, 0.25) is 0 Å². The molecule has 68 valence electrons. The molecule has 0 saturated heterocycles. The van der Waals surface area contributed by atoms with Crippen LogP contribution in [0.2, 0.25) is 5.02 Å². The Hall–Kier alpha value is 0.490. The predicted octanol–water partition coefficient (Wildman–Crippen LogP) is 3.72. The molecule has 1 nitrogen and oxygen atoms in total. The maximum absolute atomic E-state index is 11.0. The van der Waals surface area contributed by atoms with Gasteiger partial charge in [0.25, 0.3) is 4.74 Å². The van der Waals surface area contributed by atoms with Gasteiger partial charge in [-0.2, -0.15) is 0 Å². The molecule has 0 aliphatic heterocycles. The van der Waals surface area contributed by atoms with Gasteiger partial charge in [0, 0.05) is 0 Å². The van der Waals surface area contributed by atoms with Crippen LogP contribution >= 0.6 is 44.0 Å². The summed E-state index contributed by atoms with van der Waals surface area (Å²) >= 11 is 7.46. The highest BCUT2D eigenvalue weighted by Gasteiger charge is 2.07. The van der Waals surface area contributed by atoms with Crippen LogP contribution in [0.25, 0.3) is 0 Å². The average Bonchev–Trinajstić information content (AvgIpc) is 2.36. The number of hydrogen-bond donors (Lipinski definition) is 0. The van der Waals surface area contributed by atoms with E-state index in [-0.39, 0.29) is 4.74 Å². The minimum Gasteiger partial charge on any atom is -0.275 e. The Morgan fingerprint density at radius 1 is 1.50 bits per heavy atom. The summed E-state index contributed by atoms with van der Waals surface area (Å²) in [7, 11) is 2.71. The highest BCUT2D eigenvalue weighted by atomic mass is 35.5. The molecule has 0 aromatic carbocycles. The highest BCUT2D eigenvalue weighted by Crippen LogP contribution is 2.32. The zero-order valence-corrected chi connectivity index (χ0v) is 9.84. The first kappa shape index (κ1) is 10.6. The normalized spacial score (nSPS) is 10.5. The first-order valence-corrected chi connectivity index (χ1v) is 7.18. The summed E-state index contributed by atoms with van der Waals surface area (Å²) in [5.41, 5.74) is 0. The van der Waals surface area contributed by atoms with E-state index in [1.165, 1.54) is 33.5 Å². The number of unbranched alkanes of at least 4 members (excludes halogenated alkanes) is 1. The van der Waals surface area contributed by atoms with Gasteiger partial charge in [0.1, 0.15) is 5.02 Å². The summed E-state index contributed by atoms with van der Waals surface area (Å²) in [6, 6.07) is 0. The number of rotatable bonds is 4. The second-order valence-electron chi connectivity index (χ2n) is 2.26. The van der Waals surface area contributed by atoms with Crippen LogP contribution in [0.4, 0.5) is 0 Å². The van der Waals surface area contributed by atoms with Crippen LogP contribution < -0.4 is 4.74 Å². The molecule has 0 aliphatic rings. The number of thioether (sulfide) groups is 1. The van der Waals surface area contributed by atoms with E-state index in [0.717, 1.165) is 9.96 Å². The molecule has 0 fully saturated rings. The van der Waals surface area contributed by atoms with Crippen LogP contribution in [0.1, 0.15) is 19.8 Å². The zero-order chi connectivity index (χ0) is 8.97. The molecule has 0 atom stereocenters. The summed E-state index contributed by atoms with van der Waals surface area (Å²) in [6.07, 6.45) is 2.36. The molecule has 1 aromatic rings. The van der Waals surface area contributed by atoms with E-state index in [1.807, 2.05) is 0 Å². The van der Waals surface area contributed by atoms with Gasteiger partial charge in [-0.3, -0.25) is 4.79 Å². The summed E-state index contributed by atoms with van der Waals surface area (Å²) < 4.78 is 0.987. The number of hydrogen-bond acceptors (Lipinski definition) is 4. The van der Waals surface area contributed by atoms with E-state index in [9.17, 15) is 4.79 Å². The lowest BCUT2D eigenvalue weighted by molar-refractivity contribution is 0.896. The Kier molecular flexibility index (Phi) is 4.64. The molecular formula is C7H9ClOS3. The lowest BCUT2D eigenvalue weighted by atomic mass is 10.4. The van der Waals surface area contributed by atoms with Crippen molar-refractivity contribution in [3.8, 4) is 0 Å². The summed E-state index contributed by atoms with van der Waals surface area (Å²) in [5.74, 6) is 1.06. The van der Waals surface area contributed by atoms with E-state index < -0.39 is 0 Å². The van der Waals surface area contributed by atoms with Crippen molar-refractivity contribution in [3.05, 3.63) is 14.6 Å². The fourth-order valence-electron chi connectivity index (χ4n) is 0.629. The molecule has 0 radical (unpaired) electrons. The molecule has 12 heavy (non-hydrogen) atoms. The third kappa shape index (κ3) is 2.76. The van der Waals surface area contributed by atoms with Gasteiger partial charge < -0.3 is 0 Å². The Bertz CT molecular complexity index is 291. The second kappa shape index (κ2) is 5.27. The van der Waals surface area contributed by atoms with E-state index >= 15 is 0 Å². The minimum absolute atomic E-state index is 0.000616. The van der Waals surface area contributed by atoms with E-state index in [4.69, 9.17) is 11.6 Å². The summed E-state index contributed by atoms with van der Waals surface area (Å²) in [6.45, 7) is 2.15. The van der Waals surface area contributed by atoms with E-state index in [1.54, 1.807) is 11.8 Å². The van der Waals surface area contributed by atoms with Crippen molar-refractivity contribution >= 4 is 44.0 Å². The Morgan fingerprint density at radius 2 is 2.25 bits per heavy atom. The van der Waals surface area contributed by atoms with Gasteiger partial charge in [0.05, 0.1) is 4.21 Å². The van der Waals surface area contributed by atoms with Gasteiger partial charge in [-0.1, -0.05) is 35.3 Å². The molecule has 0 N–H and O–H groups in total. The van der Waals surface area contributed by atoms with Crippen LogP contribution in [-0.4, -0.2) is 5.75 Å². The van der Waals surface area contributed by atoms with Gasteiger partial charge >= 0.3 is 0 Å². The maximum atomic E-state index is 11.0. The molecule has 1 aromatic heterocycles. The van der Waals surface area contributed by atoms with Crippen molar-refractivity contribution in [2.45, 2.75) is 24.0 Å². The molecule has 5 heteroatoms. The molecule has 0 bridgehead atoms. The van der Waals surface area contributed by atoms with Gasteiger partial charge in [-0.15, -0.1) is 11.8 Å². The SMILES string of the molecule is CCCCSc1ssc(=O)c1Cl. The molecule has 0 unspecified atom stereocenters. The average molecular weight is 241 g/mol. The van der Waals surface area contributed by atoms with E-state index in [2.05, 4.69) is 6.92 Å². The first-order valence-electron chi connectivity index (χ1n) is 3.67. The number of halogens is 1. The quantitative estimate of drug-likeness (QED) is 0.453. The van der Waals surface area contributed by atoms with Crippen LogP contribution in [-0.2, 0) is 0 Å². The molecular weight excluding hydrogens is 232 g/mol. The van der Waals surface area contributed by atoms with Crippen molar-refractivity contribution in [1.29, 1.82) is 0 Å². The van der Waals surface area contributed by atoms with Crippen molar-refractivity contribution in [2.75, 3.05) is 5.75 Å². The van der Waals surface area contributed by atoms with Crippen LogP contribution in [0, 0.1) is 0 Å². The summed E-state index contributed by atoms with van der Waals surface area (Å²) in [5, 5.41) is 0.422. The third-order valence-electron chi connectivity index (χ3n) is 1.28. The standard InChI is InChI=1S/C7H9ClOS3/c1-2-3-4-10-7-5(8)6(9)11-12-7/h2-4H2,1H3. The topological polar surface area (TPSA) is 17.1 Å².